The molecule has 0 aromatic rings. The number of ether oxygens (including phenoxy) is 1. The fourth-order valence-corrected chi connectivity index (χ4v) is 1.15. The monoisotopic (exact) mass is 172 g/mol. The minimum atomic E-state index is -1.50. The molecule has 0 bridgehead atoms. The molecule has 0 saturated carbocycles. The molecule has 0 aromatic heterocycles. The minimum Gasteiger partial charge on any atom is -0.378 e. The lowest BCUT2D eigenvalue weighted by Gasteiger charge is -2.30. The maximum atomic E-state index is 11.4. The van der Waals surface area contributed by atoms with Crippen LogP contribution in [0.5, 0.6) is 0 Å². The third kappa shape index (κ3) is 2.19. The number of hydrogen-bond acceptors (Lipinski definition) is 2. The lowest BCUT2D eigenvalue weighted by atomic mass is 10.1. The first kappa shape index (κ1) is 9.48. The zero-order valence-corrected chi connectivity index (χ0v) is 7.50. The van der Waals surface area contributed by atoms with Crippen molar-refractivity contribution < 1.29 is 14.6 Å². The zero-order valence-electron chi connectivity index (χ0n) is 7.50. The summed E-state index contributed by atoms with van der Waals surface area (Å²) >= 11 is 0. The average Bonchev–Trinajstić information content (AvgIpc) is 2.03. The Labute approximate surface area is 72.1 Å². The molecule has 1 amide bonds. The van der Waals surface area contributed by atoms with Crippen molar-refractivity contribution in [2.24, 2.45) is 0 Å². The summed E-state index contributed by atoms with van der Waals surface area (Å²) < 4.78 is 5.07. The zero-order chi connectivity index (χ0) is 9.19. The second kappa shape index (κ2) is 3.41. The number of carbonyl (C=O) groups excluding carboxylic acids is 1. The Hall–Kier alpha value is -0.610. The molecule has 0 aromatic carbocycles. The van der Waals surface area contributed by atoms with Crippen molar-refractivity contribution in [2.75, 3.05) is 26.3 Å². The van der Waals surface area contributed by atoms with E-state index in [1.807, 2.05) is 0 Å². The first-order valence-corrected chi connectivity index (χ1v) is 4.09. The molecule has 1 aliphatic rings. The highest BCUT2D eigenvalue weighted by Gasteiger charge is 2.31. The van der Waals surface area contributed by atoms with E-state index in [1.165, 1.54) is 13.8 Å². The third-order valence-electron chi connectivity index (χ3n) is 1.81. The van der Waals surface area contributed by atoms with Gasteiger partial charge in [-0.15, -0.1) is 0 Å². The second-order valence-corrected chi connectivity index (χ2v) is 3.41. The topological polar surface area (TPSA) is 49.4 Å². The van der Waals surface area contributed by atoms with Crippen molar-refractivity contribution in [1.29, 1.82) is 0 Å². The number of morpholine rings is 1. The summed E-state index contributed by atoms with van der Waals surface area (Å²) in [6.07, 6.45) is 0. The molecule has 4 heteroatoms. The first-order chi connectivity index (χ1) is 5.52. The van der Waals surface area contributed by atoms with Gasteiger partial charge in [0, 0.05) is 13.1 Å². The molecule has 0 atom stereocenters. The van der Waals surface area contributed by atoms with Crippen molar-refractivity contribution in [3.05, 3.63) is 0 Å². The van der Waals surface area contributed by atoms with Crippen LogP contribution in [0, 0.1) is 0 Å². The van der Waals surface area contributed by atoms with E-state index in [2.05, 4.69) is 0 Å². The summed E-state index contributed by atoms with van der Waals surface area (Å²) in [4.78, 5) is 12.9. The summed E-state index contributed by atoms with van der Waals surface area (Å²) in [5, 5.41) is 11.3. The quantitative estimate of drug-likeness (QED) is 0.561. The van der Waals surface area contributed by atoms with Crippen LogP contribution >= 0.6 is 0 Å². The van der Waals surface area contributed by atoms with Gasteiger partial charge in [0.15, 0.2) is 5.60 Å². The Morgan fingerprint density at radius 3 is 2.25 bits per heavy atom. The van der Waals surface area contributed by atoms with Crippen LogP contribution in [0.15, 0.2) is 0 Å². The van der Waals surface area contributed by atoms with E-state index in [0.717, 1.165) is 0 Å². The highest BCUT2D eigenvalue weighted by atomic mass is 16.5. The molecule has 1 saturated heterocycles. The third-order valence-corrected chi connectivity index (χ3v) is 1.81. The van der Waals surface area contributed by atoms with E-state index in [1.54, 1.807) is 4.90 Å². The Balaban J connectivity index is 2.51. The molecular formula is C8H14NO3. The highest BCUT2D eigenvalue weighted by molar-refractivity contribution is 5.84. The van der Waals surface area contributed by atoms with Gasteiger partial charge in [0.2, 0.25) is 0 Å². The molecule has 1 aliphatic heterocycles. The van der Waals surface area contributed by atoms with Crippen LogP contribution in [0.3, 0.4) is 0 Å². The molecule has 1 fully saturated rings. The van der Waals surface area contributed by atoms with Crippen LogP contribution in [0.4, 0.5) is 0 Å². The van der Waals surface area contributed by atoms with E-state index in [0.29, 0.717) is 26.3 Å². The van der Waals surface area contributed by atoms with Gasteiger partial charge >= 0.3 is 0 Å². The minimum absolute atomic E-state index is 0.328. The lowest BCUT2D eigenvalue weighted by Crippen LogP contribution is -2.49. The summed E-state index contributed by atoms with van der Waals surface area (Å²) in [6, 6.07) is 0. The largest absolute Gasteiger partial charge is 0.378 e. The van der Waals surface area contributed by atoms with E-state index in [9.17, 15) is 9.90 Å². The summed E-state index contributed by atoms with van der Waals surface area (Å²) in [7, 11) is 0. The normalized spacial score (nSPS) is 19.4. The van der Waals surface area contributed by atoms with Crippen LogP contribution < -0.4 is 0 Å². The Bertz CT molecular complexity index is 168. The molecule has 1 rings (SSSR count). The molecule has 0 unspecified atom stereocenters. The van der Waals surface area contributed by atoms with E-state index >= 15 is 0 Å². The Morgan fingerprint density at radius 1 is 1.33 bits per heavy atom. The van der Waals surface area contributed by atoms with Crippen LogP contribution in [-0.4, -0.2) is 42.7 Å². The predicted molar refractivity (Wildman–Crippen MR) is 42.2 cm³/mol. The Kier molecular flexibility index (Phi) is 2.69. The molecular weight excluding hydrogens is 158 g/mol. The molecule has 0 aliphatic carbocycles. The van der Waals surface area contributed by atoms with Crippen molar-refractivity contribution in [3.8, 4) is 0 Å². The molecule has 1 radical (unpaired) electrons. The summed E-state index contributed by atoms with van der Waals surface area (Å²) in [6.45, 7) is 4.97. The van der Waals surface area contributed by atoms with Gasteiger partial charge < -0.3 is 9.64 Å². The van der Waals surface area contributed by atoms with Crippen molar-refractivity contribution >= 4 is 5.91 Å². The second-order valence-electron chi connectivity index (χ2n) is 3.41. The van der Waals surface area contributed by atoms with Crippen molar-refractivity contribution in [2.45, 2.75) is 19.4 Å². The maximum Gasteiger partial charge on any atom is 0.257 e. The number of amides is 1. The first-order valence-electron chi connectivity index (χ1n) is 4.09. The van der Waals surface area contributed by atoms with Gasteiger partial charge in [-0.1, -0.05) is 0 Å². The van der Waals surface area contributed by atoms with E-state index in [4.69, 9.17) is 4.74 Å². The molecule has 0 N–H and O–H groups in total. The molecule has 69 valence electrons. The van der Waals surface area contributed by atoms with Crippen molar-refractivity contribution in [3.63, 3.8) is 0 Å². The highest BCUT2D eigenvalue weighted by Crippen LogP contribution is 2.09. The maximum absolute atomic E-state index is 11.4. The van der Waals surface area contributed by atoms with Gasteiger partial charge in [0.05, 0.1) is 13.2 Å². The van der Waals surface area contributed by atoms with E-state index in [-0.39, 0.29) is 5.91 Å². The average molecular weight is 172 g/mol. The molecule has 4 nitrogen and oxygen atoms in total. The van der Waals surface area contributed by atoms with Crippen LogP contribution in [0.1, 0.15) is 13.8 Å². The fraction of sp³-hybridized carbons (Fsp3) is 0.875. The van der Waals surface area contributed by atoms with E-state index < -0.39 is 5.60 Å². The number of hydrogen-bond donors (Lipinski definition) is 0. The molecule has 0 spiro atoms. The summed E-state index contributed by atoms with van der Waals surface area (Å²) in [5.41, 5.74) is -1.50. The number of carbonyl (C=O) groups is 1. The summed E-state index contributed by atoms with van der Waals surface area (Å²) in [5.74, 6) is -0.328. The molecule has 12 heavy (non-hydrogen) atoms. The molecule has 1 heterocycles. The van der Waals surface area contributed by atoms with Crippen LogP contribution in [-0.2, 0) is 14.6 Å². The Morgan fingerprint density at radius 2 is 1.83 bits per heavy atom. The van der Waals surface area contributed by atoms with Gasteiger partial charge in [-0.2, -0.15) is 0 Å². The van der Waals surface area contributed by atoms with Gasteiger partial charge in [0.1, 0.15) is 0 Å². The lowest BCUT2D eigenvalue weighted by molar-refractivity contribution is -0.158. The van der Waals surface area contributed by atoms with Crippen LogP contribution in [0.2, 0.25) is 0 Å². The van der Waals surface area contributed by atoms with Crippen molar-refractivity contribution in [1.82, 2.24) is 4.90 Å². The fourth-order valence-electron chi connectivity index (χ4n) is 1.15. The number of nitrogens with zero attached hydrogens (tertiary/aromatic N) is 1. The van der Waals surface area contributed by atoms with Gasteiger partial charge in [-0.25, -0.2) is 5.11 Å². The standard InChI is InChI=1S/C8H14NO3/c1-8(2,11)7(10)9-3-5-12-6-4-9/h3-6H2,1-2H3. The SMILES string of the molecule is CC(C)([O])C(=O)N1CCOCC1. The number of rotatable bonds is 1. The smallest absolute Gasteiger partial charge is 0.257 e. The van der Waals surface area contributed by atoms with Gasteiger partial charge in [-0.3, -0.25) is 4.79 Å². The van der Waals surface area contributed by atoms with Crippen LogP contribution in [0.25, 0.3) is 0 Å². The van der Waals surface area contributed by atoms with Gasteiger partial charge in [0.25, 0.3) is 5.91 Å². The predicted octanol–water partition coefficient (Wildman–Crippen LogP) is 0.0543. The van der Waals surface area contributed by atoms with Gasteiger partial charge in [-0.05, 0) is 13.8 Å².